The van der Waals surface area contributed by atoms with Gasteiger partial charge >= 0.3 is 11.8 Å². The normalized spacial score (nSPS) is 20.7. The first-order chi connectivity index (χ1) is 19.6. The summed E-state index contributed by atoms with van der Waals surface area (Å²) < 4.78 is 46.9. The number of ether oxygens (including phenoxy) is 1. The van der Waals surface area contributed by atoms with E-state index in [1.165, 1.54) is 4.31 Å². The molecule has 0 aromatic heterocycles. The van der Waals surface area contributed by atoms with Gasteiger partial charge in [-0.05, 0) is 74.6 Å². The standard InChI is InChI=1S/C29H37FN4O6S/c30-26-20-25(6-7-27(26)34(36)37)41(38,39)33-14-8-23(9-15-33)21-31-16-10-29(11-17-31)12-18-32(19-13-29)28(35)40-22-24-4-2-1-3-5-24/h1-7,20,23H,8-19,21-22H2. The van der Waals surface area contributed by atoms with E-state index in [9.17, 15) is 27.7 Å². The van der Waals surface area contributed by atoms with Gasteiger partial charge in [0.1, 0.15) is 6.61 Å². The lowest BCUT2D eigenvalue weighted by molar-refractivity contribution is -0.387. The molecule has 0 aliphatic carbocycles. The van der Waals surface area contributed by atoms with E-state index in [1.54, 1.807) is 0 Å². The minimum atomic E-state index is -3.91. The molecule has 10 nitrogen and oxygen atoms in total. The molecule has 3 fully saturated rings. The monoisotopic (exact) mass is 588 g/mol. The van der Waals surface area contributed by atoms with Crippen molar-refractivity contribution in [3.8, 4) is 0 Å². The molecule has 3 heterocycles. The van der Waals surface area contributed by atoms with Crippen LogP contribution in [-0.2, 0) is 21.4 Å². The Morgan fingerprint density at radius 1 is 0.976 bits per heavy atom. The molecule has 41 heavy (non-hydrogen) atoms. The summed E-state index contributed by atoms with van der Waals surface area (Å²) in [7, 11) is -3.91. The Labute approximate surface area is 240 Å². The van der Waals surface area contributed by atoms with Crippen molar-refractivity contribution in [1.29, 1.82) is 0 Å². The quantitative estimate of drug-likeness (QED) is 0.342. The summed E-state index contributed by atoms with van der Waals surface area (Å²) in [5.41, 5.74) is 0.510. The zero-order valence-electron chi connectivity index (χ0n) is 23.1. The van der Waals surface area contributed by atoms with E-state index in [0.29, 0.717) is 19.0 Å². The molecule has 0 N–H and O–H groups in total. The third-order valence-electron chi connectivity index (χ3n) is 9.05. The lowest BCUT2D eigenvalue weighted by atomic mass is 9.71. The molecule has 12 heteroatoms. The highest BCUT2D eigenvalue weighted by molar-refractivity contribution is 7.89. The second-order valence-corrected chi connectivity index (χ2v) is 13.5. The van der Waals surface area contributed by atoms with Gasteiger partial charge in [0.05, 0.1) is 9.82 Å². The number of benzene rings is 2. The number of nitro benzene ring substituents is 1. The number of carbonyl (C=O) groups is 1. The van der Waals surface area contributed by atoms with Crippen LogP contribution >= 0.6 is 0 Å². The summed E-state index contributed by atoms with van der Waals surface area (Å²) in [4.78, 5) is 26.6. The molecule has 2 aromatic carbocycles. The lowest BCUT2D eigenvalue weighted by Crippen LogP contribution is -2.49. The highest BCUT2D eigenvalue weighted by Crippen LogP contribution is 2.41. The maximum Gasteiger partial charge on any atom is 0.410 e. The van der Waals surface area contributed by atoms with Gasteiger partial charge in [-0.3, -0.25) is 10.1 Å². The first kappa shape index (κ1) is 29.4. The van der Waals surface area contributed by atoms with Crippen molar-refractivity contribution in [2.24, 2.45) is 11.3 Å². The van der Waals surface area contributed by atoms with E-state index in [1.807, 2.05) is 35.2 Å². The Morgan fingerprint density at radius 2 is 1.61 bits per heavy atom. The van der Waals surface area contributed by atoms with E-state index in [4.69, 9.17) is 4.74 Å². The number of nitrogens with zero attached hydrogens (tertiary/aromatic N) is 4. The molecule has 222 valence electrons. The molecule has 2 aromatic rings. The third kappa shape index (κ3) is 6.87. The summed E-state index contributed by atoms with van der Waals surface area (Å²) in [6.45, 7) is 5.35. The van der Waals surface area contributed by atoms with Gasteiger partial charge in [-0.15, -0.1) is 0 Å². The zero-order valence-corrected chi connectivity index (χ0v) is 23.9. The topological polar surface area (TPSA) is 113 Å². The number of halogens is 1. The van der Waals surface area contributed by atoms with Gasteiger partial charge in [0.15, 0.2) is 0 Å². The minimum absolute atomic E-state index is 0.242. The van der Waals surface area contributed by atoms with Gasteiger partial charge in [-0.25, -0.2) is 13.2 Å². The van der Waals surface area contributed by atoms with E-state index in [2.05, 4.69) is 4.90 Å². The molecule has 0 radical (unpaired) electrons. The molecular formula is C29H37FN4O6S. The summed E-state index contributed by atoms with van der Waals surface area (Å²) in [6, 6.07) is 12.4. The van der Waals surface area contributed by atoms with Crippen molar-refractivity contribution in [3.63, 3.8) is 0 Å². The van der Waals surface area contributed by atoms with Crippen LogP contribution < -0.4 is 0 Å². The summed E-state index contributed by atoms with van der Waals surface area (Å²) in [5.74, 6) is -0.771. The van der Waals surface area contributed by atoms with Crippen LogP contribution in [0.25, 0.3) is 0 Å². The highest BCUT2D eigenvalue weighted by atomic mass is 32.2. The van der Waals surface area contributed by atoms with Crippen LogP contribution in [0.3, 0.4) is 0 Å². The first-order valence-electron chi connectivity index (χ1n) is 14.3. The molecule has 0 saturated carbocycles. The molecule has 5 rings (SSSR count). The van der Waals surface area contributed by atoms with Gasteiger partial charge in [0.25, 0.3) is 0 Å². The first-order valence-corrected chi connectivity index (χ1v) is 15.7. The molecule has 0 unspecified atom stereocenters. The second-order valence-electron chi connectivity index (χ2n) is 11.5. The maximum absolute atomic E-state index is 14.0. The predicted molar refractivity (Wildman–Crippen MR) is 150 cm³/mol. The van der Waals surface area contributed by atoms with Crippen molar-refractivity contribution in [1.82, 2.24) is 14.1 Å². The van der Waals surface area contributed by atoms with E-state index in [-0.39, 0.29) is 23.0 Å². The fraction of sp³-hybridized carbons (Fsp3) is 0.552. The highest BCUT2D eigenvalue weighted by Gasteiger charge is 2.39. The van der Waals surface area contributed by atoms with Crippen LogP contribution in [0.2, 0.25) is 0 Å². The van der Waals surface area contributed by atoms with Gasteiger partial charge < -0.3 is 14.5 Å². The average Bonchev–Trinajstić information content (AvgIpc) is 2.98. The van der Waals surface area contributed by atoms with Crippen molar-refractivity contribution < 1.29 is 27.3 Å². The maximum atomic E-state index is 14.0. The summed E-state index contributed by atoms with van der Waals surface area (Å²) in [6.07, 6.45) is 5.36. The molecular weight excluding hydrogens is 551 g/mol. The van der Waals surface area contributed by atoms with Gasteiger partial charge in [-0.2, -0.15) is 8.70 Å². The zero-order chi connectivity index (χ0) is 29.0. The minimum Gasteiger partial charge on any atom is -0.445 e. The summed E-state index contributed by atoms with van der Waals surface area (Å²) in [5, 5.41) is 10.9. The second kappa shape index (κ2) is 12.4. The van der Waals surface area contributed by atoms with Crippen LogP contribution in [0.1, 0.15) is 44.1 Å². The van der Waals surface area contributed by atoms with Crippen molar-refractivity contribution in [2.45, 2.75) is 50.0 Å². The van der Waals surface area contributed by atoms with Crippen LogP contribution in [0.15, 0.2) is 53.4 Å². The average molecular weight is 589 g/mol. The number of amides is 1. The van der Waals surface area contributed by atoms with Crippen LogP contribution in [0.4, 0.5) is 14.9 Å². The number of likely N-dealkylation sites (tertiary alicyclic amines) is 2. The smallest absolute Gasteiger partial charge is 0.410 e. The SMILES string of the molecule is O=C(OCc1ccccc1)N1CCC2(CCN(CC3CCN(S(=O)(=O)c4ccc([N+](=O)[O-])c(F)c4)CC3)CC2)CC1. The van der Waals surface area contributed by atoms with Crippen LogP contribution in [0.5, 0.6) is 0 Å². The van der Waals surface area contributed by atoms with Crippen molar-refractivity contribution >= 4 is 21.8 Å². The van der Waals surface area contributed by atoms with Crippen molar-refractivity contribution in [3.05, 3.63) is 70.0 Å². The van der Waals surface area contributed by atoms with E-state index < -0.39 is 26.5 Å². The Hall–Kier alpha value is -3.09. The van der Waals surface area contributed by atoms with Crippen molar-refractivity contribution in [2.75, 3.05) is 45.8 Å². The molecule has 0 atom stereocenters. The predicted octanol–water partition coefficient (Wildman–Crippen LogP) is 4.65. The number of hydrogen-bond donors (Lipinski definition) is 0. The Bertz CT molecular complexity index is 1330. The van der Waals surface area contributed by atoms with Crippen LogP contribution in [-0.4, -0.2) is 79.4 Å². The third-order valence-corrected chi connectivity index (χ3v) is 10.9. The lowest BCUT2D eigenvalue weighted by Gasteiger charge is -2.47. The number of rotatable bonds is 7. The van der Waals surface area contributed by atoms with Gasteiger partial charge in [-0.1, -0.05) is 30.3 Å². The molecule has 1 amide bonds. The molecule has 3 aliphatic heterocycles. The molecule has 3 saturated heterocycles. The van der Waals surface area contributed by atoms with E-state index >= 15 is 0 Å². The largest absolute Gasteiger partial charge is 0.445 e. The van der Waals surface area contributed by atoms with Gasteiger partial charge in [0, 0.05) is 44.9 Å². The molecule has 3 aliphatic rings. The molecule has 1 spiro atoms. The number of hydrogen-bond acceptors (Lipinski definition) is 7. The number of sulfonamides is 1. The molecule has 0 bridgehead atoms. The number of piperidine rings is 3. The fourth-order valence-electron chi connectivity index (χ4n) is 6.33. The number of nitro groups is 1. The van der Waals surface area contributed by atoms with E-state index in [0.717, 1.165) is 95.0 Å². The Kier molecular flexibility index (Phi) is 8.91. The van der Waals surface area contributed by atoms with Gasteiger partial charge in [0.2, 0.25) is 15.8 Å². The summed E-state index contributed by atoms with van der Waals surface area (Å²) >= 11 is 0. The Balaban J connectivity index is 1.04. The number of carbonyl (C=O) groups excluding carboxylic acids is 1. The van der Waals surface area contributed by atoms with Crippen LogP contribution in [0, 0.1) is 27.3 Å². The fourth-order valence-corrected chi connectivity index (χ4v) is 7.81. The Morgan fingerprint density at radius 3 is 2.22 bits per heavy atom.